The van der Waals surface area contributed by atoms with Crippen LogP contribution in [0.1, 0.15) is 45.0 Å². The highest BCUT2D eigenvalue weighted by atomic mass is 14.9. The maximum Gasteiger partial charge on any atom is 0.101 e. The van der Waals surface area contributed by atoms with Gasteiger partial charge in [0.05, 0.1) is 22.8 Å². The van der Waals surface area contributed by atoms with Crippen LogP contribution >= 0.6 is 0 Å². The predicted octanol–water partition coefficient (Wildman–Crippen LogP) is 4.32. The van der Waals surface area contributed by atoms with Crippen LogP contribution in [0, 0.1) is 40.9 Å². The van der Waals surface area contributed by atoms with Crippen molar-refractivity contribution < 1.29 is 0 Å². The molecule has 4 heteroatoms. The number of nitriles is 3. The fourth-order valence-corrected chi connectivity index (χ4v) is 3.31. The molecule has 27 heavy (non-hydrogen) atoms. The first-order valence-corrected chi connectivity index (χ1v) is 8.62. The minimum atomic E-state index is -0.0892. The number of nitrogens with zero attached hydrogens (tertiary/aromatic N) is 4. The number of benzene rings is 2. The van der Waals surface area contributed by atoms with Gasteiger partial charge in [0.25, 0.3) is 0 Å². The van der Waals surface area contributed by atoms with Gasteiger partial charge in [-0.2, -0.15) is 15.8 Å². The lowest BCUT2D eigenvalue weighted by Gasteiger charge is -2.21. The fourth-order valence-electron chi connectivity index (χ4n) is 3.31. The van der Waals surface area contributed by atoms with Crippen LogP contribution in [-0.4, -0.2) is 4.57 Å². The van der Waals surface area contributed by atoms with Gasteiger partial charge in [0.2, 0.25) is 0 Å². The summed E-state index contributed by atoms with van der Waals surface area (Å²) in [5, 5.41) is 28.4. The van der Waals surface area contributed by atoms with E-state index in [9.17, 15) is 15.8 Å². The normalized spacial score (nSPS) is 11.2. The molecular formula is C23H18N4. The molecule has 1 heterocycles. The molecule has 1 atom stereocenters. The van der Waals surface area contributed by atoms with Crippen LogP contribution in [0.15, 0.2) is 54.7 Å². The van der Waals surface area contributed by atoms with Crippen molar-refractivity contribution in [3.63, 3.8) is 0 Å². The van der Waals surface area contributed by atoms with Gasteiger partial charge in [0.15, 0.2) is 0 Å². The molecule has 130 valence electrons. The molecule has 1 unspecified atom stereocenters. The predicted molar refractivity (Wildman–Crippen MR) is 103 cm³/mol. The second-order valence-corrected chi connectivity index (χ2v) is 6.60. The van der Waals surface area contributed by atoms with Crippen molar-refractivity contribution in [1.29, 1.82) is 15.8 Å². The third kappa shape index (κ3) is 3.59. The summed E-state index contributed by atoms with van der Waals surface area (Å²) < 4.78 is 2.06. The first-order chi connectivity index (χ1) is 13.1. The molecule has 0 radical (unpaired) electrons. The second-order valence-electron chi connectivity index (χ2n) is 6.60. The molecule has 3 rings (SSSR count). The summed E-state index contributed by atoms with van der Waals surface area (Å²) in [6.45, 7) is 2.03. The average molecular weight is 350 g/mol. The maximum absolute atomic E-state index is 9.68. The molecule has 0 bridgehead atoms. The topological polar surface area (TPSA) is 76.3 Å². The lowest BCUT2D eigenvalue weighted by molar-refractivity contribution is 0.731. The van der Waals surface area contributed by atoms with Crippen LogP contribution in [0.3, 0.4) is 0 Å². The van der Waals surface area contributed by atoms with E-state index < -0.39 is 0 Å². The molecule has 0 N–H and O–H groups in total. The first kappa shape index (κ1) is 18.0. The van der Waals surface area contributed by atoms with Crippen LogP contribution in [0.2, 0.25) is 0 Å². The number of aromatic nitrogens is 1. The molecule has 0 aliphatic carbocycles. The SMILES string of the molecule is Cc1ccc(C(Cc2cccn2C)c2cc(C#N)c(C#N)cc2C#N)cc1. The Hall–Kier alpha value is -3.81. The summed E-state index contributed by atoms with van der Waals surface area (Å²) in [5.74, 6) is -0.0892. The summed E-state index contributed by atoms with van der Waals surface area (Å²) in [4.78, 5) is 0. The molecule has 0 amide bonds. The zero-order chi connectivity index (χ0) is 19.4. The molecule has 0 saturated carbocycles. The van der Waals surface area contributed by atoms with Gasteiger partial charge < -0.3 is 4.57 Å². The average Bonchev–Trinajstić information content (AvgIpc) is 3.10. The van der Waals surface area contributed by atoms with E-state index in [2.05, 4.69) is 34.9 Å². The maximum atomic E-state index is 9.68. The lowest BCUT2D eigenvalue weighted by Crippen LogP contribution is -2.10. The molecule has 3 aromatic rings. The van der Waals surface area contributed by atoms with Crippen LogP contribution in [0.4, 0.5) is 0 Å². The molecule has 2 aromatic carbocycles. The quantitative estimate of drug-likeness (QED) is 0.703. The Bertz CT molecular complexity index is 1100. The van der Waals surface area contributed by atoms with Crippen molar-refractivity contribution in [3.8, 4) is 18.2 Å². The standard InChI is InChI=1S/C23H18N4/c1-16-5-7-17(8-6-16)23(12-21-4-3-9-27(21)2)22-11-19(14-25)18(13-24)10-20(22)15-26/h3-11,23H,12H2,1-2H3. The molecule has 0 fully saturated rings. The highest BCUT2D eigenvalue weighted by molar-refractivity contribution is 5.56. The third-order valence-electron chi connectivity index (χ3n) is 4.87. The van der Waals surface area contributed by atoms with Gasteiger partial charge in [-0.15, -0.1) is 0 Å². The van der Waals surface area contributed by atoms with Gasteiger partial charge in [0.1, 0.15) is 12.1 Å². The Morgan fingerprint density at radius 1 is 0.889 bits per heavy atom. The monoisotopic (exact) mass is 350 g/mol. The molecular weight excluding hydrogens is 332 g/mol. The van der Waals surface area contributed by atoms with Gasteiger partial charge in [-0.25, -0.2) is 0 Å². The second kappa shape index (κ2) is 7.61. The van der Waals surface area contributed by atoms with Crippen LogP contribution in [0.25, 0.3) is 0 Å². The summed E-state index contributed by atoms with van der Waals surface area (Å²) in [7, 11) is 1.99. The van der Waals surface area contributed by atoms with E-state index in [0.717, 1.165) is 22.4 Å². The summed E-state index contributed by atoms with van der Waals surface area (Å²) in [5.41, 5.74) is 5.12. The Labute approximate surface area is 159 Å². The van der Waals surface area contributed by atoms with Gasteiger partial charge in [-0.3, -0.25) is 0 Å². The van der Waals surface area contributed by atoms with Crippen molar-refractivity contribution in [2.24, 2.45) is 7.05 Å². The number of rotatable bonds is 4. The fraction of sp³-hybridized carbons (Fsp3) is 0.174. The molecule has 0 aliphatic heterocycles. The zero-order valence-electron chi connectivity index (χ0n) is 15.3. The minimum Gasteiger partial charge on any atom is -0.354 e. The van der Waals surface area contributed by atoms with E-state index in [1.807, 2.05) is 44.4 Å². The van der Waals surface area contributed by atoms with Gasteiger partial charge in [-0.1, -0.05) is 29.8 Å². The lowest BCUT2D eigenvalue weighted by atomic mass is 9.83. The Morgan fingerprint density at radius 2 is 1.52 bits per heavy atom. The Balaban J connectivity index is 2.20. The van der Waals surface area contributed by atoms with Gasteiger partial charge in [0, 0.05) is 24.9 Å². The largest absolute Gasteiger partial charge is 0.354 e. The Kier molecular flexibility index (Phi) is 5.07. The van der Waals surface area contributed by atoms with Crippen molar-refractivity contribution in [1.82, 2.24) is 4.57 Å². The highest BCUT2D eigenvalue weighted by Gasteiger charge is 2.21. The van der Waals surface area contributed by atoms with E-state index in [4.69, 9.17) is 0 Å². The number of hydrogen-bond acceptors (Lipinski definition) is 3. The van der Waals surface area contributed by atoms with E-state index in [-0.39, 0.29) is 11.5 Å². The van der Waals surface area contributed by atoms with Crippen LogP contribution < -0.4 is 0 Å². The molecule has 1 aromatic heterocycles. The van der Waals surface area contributed by atoms with Gasteiger partial charge in [-0.05, 0) is 48.7 Å². The van der Waals surface area contributed by atoms with Crippen molar-refractivity contribution in [2.45, 2.75) is 19.3 Å². The van der Waals surface area contributed by atoms with Crippen molar-refractivity contribution in [2.75, 3.05) is 0 Å². The highest BCUT2D eigenvalue weighted by Crippen LogP contribution is 2.32. The number of aryl methyl sites for hydroxylation is 2. The molecule has 0 spiro atoms. The molecule has 0 saturated heterocycles. The van der Waals surface area contributed by atoms with E-state index in [0.29, 0.717) is 17.5 Å². The van der Waals surface area contributed by atoms with E-state index in [1.165, 1.54) is 6.07 Å². The number of hydrogen-bond donors (Lipinski definition) is 0. The van der Waals surface area contributed by atoms with Crippen LogP contribution in [-0.2, 0) is 13.5 Å². The molecule has 0 aliphatic rings. The third-order valence-corrected chi connectivity index (χ3v) is 4.87. The summed E-state index contributed by atoms with van der Waals surface area (Å²) in [6.07, 6.45) is 2.68. The first-order valence-electron chi connectivity index (χ1n) is 8.62. The van der Waals surface area contributed by atoms with Gasteiger partial charge >= 0.3 is 0 Å². The minimum absolute atomic E-state index is 0.0892. The van der Waals surface area contributed by atoms with E-state index >= 15 is 0 Å². The van der Waals surface area contributed by atoms with Crippen LogP contribution in [0.5, 0.6) is 0 Å². The zero-order valence-corrected chi connectivity index (χ0v) is 15.3. The summed E-state index contributed by atoms with van der Waals surface area (Å²) in [6, 6.07) is 21.8. The van der Waals surface area contributed by atoms with Crippen molar-refractivity contribution >= 4 is 0 Å². The summed E-state index contributed by atoms with van der Waals surface area (Å²) >= 11 is 0. The molecule has 4 nitrogen and oxygen atoms in total. The van der Waals surface area contributed by atoms with Crippen molar-refractivity contribution in [3.05, 3.63) is 93.8 Å². The smallest absolute Gasteiger partial charge is 0.101 e. The van der Waals surface area contributed by atoms with E-state index in [1.54, 1.807) is 6.07 Å². The Morgan fingerprint density at radius 3 is 2.07 bits per heavy atom.